The number of amides is 1. The lowest BCUT2D eigenvalue weighted by atomic mass is 9.88. The third-order valence-electron chi connectivity index (χ3n) is 6.44. The molecule has 2 aliphatic heterocycles. The molecule has 1 aliphatic carbocycles. The molecule has 0 bridgehead atoms. The second-order valence-electron chi connectivity index (χ2n) is 9.61. The topological polar surface area (TPSA) is 69.2 Å². The Morgan fingerprint density at radius 2 is 1.93 bits per heavy atom. The first kappa shape index (κ1) is 23.3. The lowest BCUT2D eigenvalue weighted by Crippen LogP contribution is -2.47. The number of carbonyl (C=O) groups is 1. The van der Waals surface area contributed by atoms with Crippen LogP contribution < -0.4 is 10.6 Å². The normalized spacial score (nSPS) is 26.9. The first-order valence-corrected chi connectivity index (χ1v) is 12.2. The molecule has 1 amide bonds. The Kier molecular flexibility index (Phi) is 9.25. The number of rotatable bonds is 7. The zero-order valence-electron chi connectivity index (χ0n) is 19.4. The fraction of sp³-hybridized carbons (Fsp3) is 0.913. The summed E-state index contributed by atoms with van der Waals surface area (Å²) in [7, 11) is 0. The number of likely N-dealkylation sites (tertiary alicyclic amines) is 1. The van der Waals surface area contributed by atoms with E-state index in [1.54, 1.807) is 0 Å². The number of guanidine groups is 1. The van der Waals surface area contributed by atoms with Crippen molar-refractivity contribution in [3.05, 3.63) is 0 Å². The summed E-state index contributed by atoms with van der Waals surface area (Å²) in [6, 6.07) is 0.278. The zero-order chi connectivity index (χ0) is 21.3. The molecule has 7 nitrogen and oxygen atoms in total. The molecule has 0 aromatic rings. The van der Waals surface area contributed by atoms with Crippen molar-refractivity contribution in [3.8, 4) is 0 Å². The van der Waals surface area contributed by atoms with Crippen LogP contribution in [0.2, 0.25) is 0 Å². The Morgan fingerprint density at radius 1 is 1.13 bits per heavy atom. The first-order chi connectivity index (χ1) is 14.5. The molecular formula is C23H43N5O2. The van der Waals surface area contributed by atoms with Crippen LogP contribution in [0, 0.1) is 11.8 Å². The van der Waals surface area contributed by atoms with E-state index in [9.17, 15) is 4.79 Å². The average molecular weight is 422 g/mol. The lowest BCUT2D eigenvalue weighted by Gasteiger charge is -2.33. The minimum atomic E-state index is 0.154. The van der Waals surface area contributed by atoms with Crippen LogP contribution in [0.1, 0.15) is 59.3 Å². The molecule has 30 heavy (non-hydrogen) atoms. The second-order valence-corrected chi connectivity index (χ2v) is 9.61. The van der Waals surface area contributed by atoms with E-state index in [-0.39, 0.29) is 18.1 Å². The summed E-state index contributed by atoms with van der Waals surface area (Å²) in [5.74, 6) is 2.16. The van der Waals surface area contributed by atoms with Crippen molar-refractivity contribution in [2.45, 2.75) is 71.4 Å². The van der Waals surface area contributed by atoms with E-state index < -0.39 is 0 Å². The molecule has 2 saturated heterocycles. The molecule has 0 aromatic carbocycles. The minimum Gasteiger partial charge on any atom is -0.374 e. The van der Waals surface area contributed by atoms with E-state index in [0.717, 1.165) is 71.1 Å². The molecule has 2 heterocycles. The van der Waals surface area contributed by atoms with Crippen LogP contribution in [0.5, 0.6) is 0 Å². The number of ether oxygens (including phenoxy) is 1. The van der Waals surface area contributed by atoms with Gasteiger partial charge in [-0.05, 0) is 32.1 Å². The smallest absolute Gasteiger partial charge is 0.225 e. The number of hydrogen-bond acceptors (Lipinski definition) is 4. The van der Waals surface area contributed by atoms with Gasteiger partial charge in [-0.25, -0.2) is 0 Å². The van der Waals surface area contributed by atoms with Crippen LogP contribution in [-0.2, 0) is 9.53 Å². The Morgan fingerprint density at radius 3 is 2.67 bits per heavy atom. The molecular weight excluding hydrogens is 378 g/mol. The maximum Gasteiger partial charge on any atom is 0.225 e. The van der Waals surface area contributed by atoms with Crippen LogP contribution in [0.3, 0.4) is 0 Å². The van der Waals surface area contributed by atoms with Crippen LogP contribution >= 0.6 is 0 Å². The predicted octanol–water partition coefficient (Wildman–Crippen LogP) is 2.08. The summed E-state index contributed by atoms with van der Waals surface area (Å²) in [6.45, 7) is 13.6. The highest BCUT2D eigenvalue weighted by Gasteiger charge is 2.32. The van der Waals surface area contributed by atoms with Gasteiger partial charge in [0.15, 0.2) is 5.96 Å². The number of nitrogens with one attached hydrogen (secondary N) is 2. The predicted molar refractivity (Wildman–Crippen MR) is 122 cm³/mol. The van der Waals surface area contributed by atoms with Crippen molar-refractivity contribution in [2.75, 3.05) is 52.4 Å². The van der Waals surface area contributed by atoms with E-state index in [4.69, 9.17) is 9.73 Å². The molecule has 2 N–H and O–H groups in total. The molecule has 2 unspecified atom stereocenters. The molecule has 0 aromatic heterocycles. The SMILES string of the molecule is CCNC(=NCC1CN(CC(C)C)CCO1)NC1CCN(C(=O)C2CCCCC2)C1. The van der Waals surface area contributed by atoms with Crippen molar-refractivity contribution < 1.29 is 9.53 Å². The Balaban J connectivity index is 1.47. The molecule has 3 fully saturated rings. The van der Waals surface area contributed by atoms with Gasteiger partial charge in [0.2, 0.25) is 5.91 Å². The summed E-state index contributed by atoms with van der Waals surface area (Å²) in [4.78, 5) is 22.2. The van der Waals surface area contributed by atoms with Crippen LogP contribution in [-0.4, -0.2) is 86.2 Å². The molecule has 7 heteroatoms. The van der Waals surface area contributed by atoms with Crippen molar-refractivity contribution in [3.63, 3.8) is 0 Å². The van der Waals surface area contributed by atoms with Gasteiger partial charge < -0.3 is 20.3 Å². The van der Waals surface area contributed by atoms with Gasteiger partial charge in [-0.1, -0.05) is 33.1 Å². The van der Waals surface area contributed by atoms with Gasteiger partial charge in [0, 0.05) is 51.2 Å². The number of carbonyl (C=O) groups excluding carboxylic acids is 1. The van der Waals surface area contributed by atoms with Crippen LogP contribution in [0.4, 0.5) is 0 Å². The summed E-state index contributed by atoms with van der Waals surface area (Å²) >= 11 is 0. The number of nitrogens with zero attached hydrogens (tertiary/aromatic N) is 3. The molecule has 1 saturated carbocycles. The monoisotopic (exact) mass is 421 g/mol. The maximum absolute atomic E-state index is 12.8. The van der Waals surface area contributed by atoms with Crippen molar-refractivity contribution in [1.29, 1.82) is 0 Å². The average Bonchev–Trinajstić information content (AvgIpc) is 3.20. The molecule has 172 valence electrons. The van der Waals surface area contributed by atoms with Crippen molar-refractivity contribution in [2.24, 2.45) is 16.8 Å². The fourth-order valence-corrected chi connectivity index (χ4v) is 4.97. The maximum atomic E-state index is 12.8. The highest BCUT2D eigenvalue weighted by atomic mass is 16.5. The van der Waals surface area contributed by atoms with E-state index in [0.29, 0.717) is 18.4 Å². The molecule has 0 radical (unpaired) electrons. The van der Waals surface area contributed by atoms with Gasteiger partial charge in [0.05, 0.1) is 19.3 Å². The van der Waals surface area contributed by atoms with Gasteiger partial charge in [-0.15, -0.1) is 0 Å². The molecule has 3 rings (SSSR count). The standard InChI is InChI=1S/C23H43N5O2/c1-4-24-23(25-14-21-17-27(12-13-30-21)15-18(2)3)26-20-10-11-28(16-20)22(29)19-8-6-5-7-9-19/h18-21H,4-17H2,1-3H3,(H2,24,25,26). The summed E-state index contributed by atoms with van der Waals surface area (Å²) < 4.78 is 5.95. The Bertz CT molecular complexity index is 562. The van der Waals surface area contributed by atoms with Crippen LogP contribution in [0.25, 0.3) is 0 Å². The highest BCUT2D eigenvalue weighted by Crippen LogP contribution is 2.26. The quantitative estimate of drug-likeness (QED) is 0.487. The molecule has 0 spiro atoms. The van der Waals surface area contributed by atoms with E-state index >= 15 is 0 Å². The van der Waals surface area contributed by atoms with Gasteiger partial charge in [0.1, 0.15) is 0 Å². The summed E-state index contributed by atoms with van der Waals surface area (Å²) in [5.41, 5.74) is 0. The number of morpholine rings is 1. The fourth-order valence-electron chi connectivity index (χ4n) is 4.97. The summed E-state index contributed by atoms with van der Waals surface area (Å²) in [6.07, 6.45) is 7.00. The molecule has 3 aliphatic rings. The van der Waals surface area contributed by atoms with Crippen molar-refractivity contribution in [1.82, 2.24) is 20.4 Å². The van der Waals surface area contributed by atoms with Gasteiger partial charge in [-0.2, -0.15) is 0 Å². The zero-order valence-corrected chi connectivity index (χ0v) is 19.4. The molecule has 2 atom stereocenters. The number of hydrogen-bond donors (Lipinski definition) is 2. The second kappa shape index (κ2) is 11.9. The van der Waals surface area contributed by atoms with Gasteiger partial charge >= 0.3 is 0 Å². The highest BCUT2D eigenvalue weighted by molar-refractivity contribution is 5.81. The van der Waals surface area contributed by atoms with E-state index in [2.05, 4.69) is 41.2 Å². The first-order valence-electron chi connectivity index (χ1n) is 12.2. The third kappa shape index (κ3) is 7.12. The van der Waals surface area contributed by atoms with E-state index in [1.807, 2.05) is 0 Å². The summed E-state index contributed by atoms with van der Waals surface area (Å²) in [5, 5.41) is 6.93. The van der Waals surface area contributed by atoms with Gasteiger partial charge in [0.25, 0.3) is 0 Å². The number of aliphatic imine (C=N–C) groups is 1. The lowest BCUT2D eigenvalue weighted by molar-refractivity contribution is -0.135. The van der Waals surface area contributed by atoms with Crippen molar-refractivity contribution >= 4 is 11.9 Å². The van der Waals surface area contributed by atoms with Gasteiger partial charge in [-0.3, -0.25) is 14.7 Å². The van der Waals surface area contributed by atoms with Crippen LogP contribution in [0.15, 0.2) is 4.99 Å². The third-order valence-corrected chi connectivity index (χ3v) is 6.44. The Labute approximate surface area is 183 Å². The largest absolute Gasteiger partial charge is 0.374 e. The Hall–Kier alpha value is -1.34. The van der Waals surface area contributed by atoms with E-state index in [1.165, 1.54) is 19.3 Å². The minimum absolute atomic E-state index is 0.154.